The van der Waals surface area contributed by atoms with Crippen LogP contribution >= 0.6 is 0 Å². The lowest BCUT2D eigenvalue weighted by atomic mass is 10.1. The van der Waals surface area contributed by atoms with Crippen molar-refractivity contribution in [3.63, 3.8) is 0 Å². The first-order valence-corrected chi connectivity index (χ1v) is 9.08. The number of hydrogen-bond donors (Lipinski definition) is 2. The van der Waals surface area contributed by atoms with Crippen molar-refractivity contribution in [3.8, 4) is 0 Å². The number of rotatable bonds is 7. The summed E-state index contributed by atoms with van der Waals surface area (Å²) in [5.41, 5.74) is 5.70. The smallest absolute Gasteiger partial charge is 0.279 e. The molecule has 1 saturated heterocycles. The number of hydrogen-bond acceptors (Lipinski definition) is 4. The van der Waals surface area contributed by atoms with Crippen LogP contribution < -0.4 is 10.5 Å². The monoisotopic (exact) mass is 304 g/mol. The first-order valence-electron chi connectivity index (χ1n) is 7.64. The molecule has 6 nitrogen and oxygen atoms in total. The van der Waals surface area contributed by atoms with Crippen molar-refractivity contribution in [2.24, 2.45) is 5.73 Å². The van der Waals surface area contributed by atoms with E-state index in [4.69, 9.17) is 5.73 Å². The van der Waals surface area contributed by atoms with Crippen LogP contribution in [0.3, 0.4) is 0 Å². The molecule has 2 fully saturated rings. The third-order valence-electron chi connectivity index (χ3n) is 4.53. The van der Waals surface area contributed by atoms with Crippen molar-refractivity contribution in [1.29, 1.82) is 0 Å². The first-order chi connectivity index (χ1) is 9.45. The summed E-state index contributed by atoms with van der Waals surface area (Å²) >= 11 is 0. The average Bonchev–Trinajstić information content (AvgIpc) is 3.28. The Balaban J connectivity index is 1.88. The fourth-order valence-electron chi connectivity index (χ4n) is 2.82. The second-order valence-electron chi connectivity index (χ2n) is 6.10. The summed E-state index contributed by atoms with van der Waals surface area (Å²) in [5, 5.41) is 0. The molecule has 0 aromatic heterocycles. The molecule has 3 N–H and O–H groups in total. The predicted molar refractivity (Wildman–Crippen MR) is 80.6 cm³/mol. The highest BCUT2D eigenvalue weighted by molar-refractivity contribution is 7.87. The number of nitrogens with zero attached hydrogens (tertiary/aromatic N) is 2. The minimum absolute atomic E-state index is 0.0438. The minimum atomic E-state index is -3.40. The van der Waals surface area contributed by atoms with Gasteiger partial charge in [0.15, 0.2) is 0 Å². The summed E-state index contributed by atoms with van der Waals surface area (Å²) in [4.78, 5) is 2.26. The SMILES string of the molecule is CC(CNS(=O)(=O)N1CCCCC1CN)N(C)C1CC1. The molecule has 2 atom stereocenters. The lowest BCUT2D eigenvalue weighted by molar-refractivity contribution is 0.237. The minimum Gasteiger partial charge on any atom is -0.329 e. The molecule has 1 heterocycles. The van der Waals surface area contributed by atoms with Gasteiger partial charge in [-0.15, -0.1) is 0 Å². The molecule has 1 aliphatic carbocycles. The van der Waals surface area contributed by atoms with Gasteiger partial charge >= 0.3 is 0 Å². The Morgan fingerprint density at radius 3 is 2.65 bits per heavy atom. The van der Waals surface area contributed by atoms with Crippen LogP contribution in [0.5, 0.6) is 0 Å². The lowest BCUT2D eigenvalue weighted by Crippen LogP contribution is -2.53. The summed E-state index contributed by atoms with van der Waals surface area (Å²) < 4.78 is 29.1. The molecule has 7 heteroatoms. The van der Waals surface area contributed by atoms with Crippen LogP contribution in [0.15, 0.2) is 0 Å². The van der Waals surface area contributed by atoms with E-state index >= 15 is 0 Å². The van der Waals surface area contributed by atoms with E-state index in [0.29, 0.717) is 25.7 Å². The highest BCUT2D eigenvalue weighted by Gasteiger charge is 2.33. The Kier molecular flexibility index (Phi) is 5.42. The van der Waals surface area contributed by atoms with Crippen molar-refractivity contribution in [3.05, 3.63) is 0 Å². The molecule has 118 valence electrons. The van der Waals surface area contributed by atoms with E-state index in [-0.39, 0.29) is 12.1 Å². The van der Waals surface area contributed by atoms with E-state index in [1.54, 1.807) is 4.31 Å². The van der Waals surface area contributed by atoms with E-state index in [1.807, 2.05) is 0 Å². The number of nitrogens with two attached hydrogens (primary N) is 1. The average molecular weight is 304 g/mol. The van der Waals surface area contributed by atoms with Crippen molar-refractivity contribution < 1.29 is 8.42 Å². The second kappa shape index (κ2) is 6.70. The zero-order valence-corrected chi connectivity index (χ0v) is 13.4. The predicted octanol–water partition coefficient (Wildman–Crippen LogP) is 0.117. The lowest BCUT2D eigenvalue weighted by Gasteiger charge is -2.34. The Morgan fingerprint density at radius 1 is 1.35 bits per heavy atom. The number of nitrogens with one attached hydrogen (secondary N) is 1. The van der Waals surface area contributed by atoms with Gasteiger partial charge < -0.3 is 5.73 Å². The number of piperidine rings is 1. The zero-order chi connectivity index (χ0) is 14.8. The van der Waals surface area contributed by atoms with E-state index < -0.39 is 10.2 Å². The van der Waals surface area contributed by atoms with Crippen LogP contribution in [0.25, 0.3) is 0 Å². The van der Waals surface area contributed by atoms with Gasteiger partial charge in [0, 0.05) is 37.8 Å². The van der Waals surface area contributed by atoms with Crippen LogP contribution in [0.2, 0.25) is 0 Å². The topological polar surface area (TPSA) is 78.7 Å². The Morgan fingerprint density at radius 2 is 2.05 bits per heavy atom. The standard InChI is InChI=1S/C13H28N4O2S/c1-11(16(2)12-6-7-12)10-15-20(18,19)17-8-4-3-5-13(17)9-14/h11-13,15H,3-10,14H2,1-2H3. The van der Waals surface area contributed by atoms with Crippen molar-refractivity contribution >= 4 is 10.2 Å². The molecule has 0 amide bonds. The molecule has 2 aliphatic rings. The summed E-state index contributed by atoms with van der Waals surface area (Å²) in [5.74, 6) is 0. The molecule has 0 radical (unpaired) electrons. The highest BCUT2D eigenvalue weighted by Crippen LogP contribution is 2.26. The van der Waals surface area contributed by atoms with Gasteiger partial charge in [0.1, 0.15) is 0 Å². The fourth-order valence-corrected chi connectivity index (χ4v) is 4.39. The maximum Gasteiger partial charge on any atom is 0.279 e. The first kappa shape index (κ1) is 16.2. The Hall–Kier alpha value is -0.210. The largest absolute Gasteiger partial charge is 0.329 e. The van der Waals surface area contributed by atoms with Gasteiger partial charge in [-0.2, -0.15) is 12.7 Å². The molecule has 0 aromatic rings. The van der Waals surface area contributed by atoms with Crippen LogP contribution in [-0.4, -0.2) is 62.4 Å². The summed E-state index contributed by atoms with van der Waals surface area (Å²) in [6.45, 7) is 3.52. The fraction of sp³-hybridized carbons (Fsp3) is 1.00. The molecule has 2 rings (SSSR count). The van der Waals surface area contributed by atoms with Gasteiger partial charge in [-0.05, 0) is 39.7 Å². The van der Waals surface area contributed by atoms with Crippen molar-refractivity contribution in [1.82, 2.24) is 13.9 Å². The summed E-state index contributed by atoms with van der Waals surface area (Å²) in [6, 6.07) is 0.817. The van der Waals surface area contributed by atoms with Crippen LogP contribution in [0, 0.1) is 0 Å². The molecule has 2 unspecified atom stereocenters. The zero-order valence-electron chi connectivity index (χ0n) is 12.6. The van der Waals surface area contributed by atoms with E-state index in [1.165, 1.54) is 12.8 Å². The molecular weight excluding hydrogens is 276 g/mol. The van der Waals surface area contributed by atoms with E-state index in [2.05, 4.69) is 23.6 Å². The van der Waals surface area contributed by atoms with Gasteiger partial charge in [-0.25, -0.2) is 4.72 Å². The van der Waals surface area contributed by atoms with Gasteiger partial charge in [0.25, 0.3) is 10.2 Å². The van der Waals surface area contributed by atoms with E-state index in [9.17, 15) is 8.42 Å². The van der Waals surface area contributed by atoms with Gasteiger partial charge in [0.05, 0.1) is 0 Å². The maximum absolute atomic E-state index is 12.4. The van der Waals surface area contributed by atoms with Gasteiger partial charge in [-0.1, -0.05) is 6.42 Å². The molecular formula is C13H28N4O2S. The van der Waals surface area contributed by atoms with Crippen molar-refractivity contribution in [2.45, 2.75) is 57.2 Å². The third kappa shape index (κ3) is 3.92. The van der Waals surface area contributed by atoms with Crippen LogP contribution in [0.1, 0.15) is 39.0 Å². The number of likely N-dealkylation sites (N-methyl/N-ethyl adjacent to an activating group) is 1. The molecule has 1 saturated carbocycles. The van der Waals surface area contributed by atoms with Crippen molar-refractivity contribution in [2.75, 3.05) is 26.7 Å². The highest BCUT2D eigenvalue weighted by atomic mass is 32.2. The molecule has 0 bridgehead atoms. The normalized spacial score (nSPS) is 26.9. The third-order valence-corrected chi connectivity index (χ3v) is 6.16. The van der Waals surface area contributed by atoms with E-state index in [0.717, 1.165) is 19.3 Å². The van der Waals surface area contributed by atoms with Gasteiger partial charge in [0.2, 0.25) is 0 Å². The van der Waals surface area contributed by atoms with Crippen LogP contribution in [-0.2, 0) is 10.2 Å². The second-order valence-corrected chi connectivity index (χ2v) is 7.80. The quantitative estimate of drug-likeness (QED) is 0.700. The molecule has 0 aromatic carbocycles. The molecule has 1 aliphatic heterocycles. The molecule has 20 heavy (non-hydrogen) atoms. The van der Waals surface area contributed by atoms with Crippen LogP contribution in [0.4, 0.5) is 0 Å². The summed E-state index contributed by atoms with van der Waals surface area (Å²) in [7, 11) is -1.33. The van der Waals surface area contributed by atoms with Gasteiger partial charge in [-0.3, -0.25) is 4.90 Å². The molecule has 0 spiro atoms. The maximum atomic E-state index is 12.4. The Labute approximate surface area is 122 Å². The summed E-state index contributed by atoms with van der Waals surface area (Å²) in [6.07, 6.45) is 5.32. The Bertz CT molecular complexity index is 411.